The van der Waals surface area contributed by atoms with E-state index in [0.29, 0.717) is 11.8 Å². The van der Waals surface area contributed by atoms with Crippen molar-refractivity contribution in [2.24, 2.45) is 5.41 Å². The topological polar surface area (TPSA) is 73.1 Å². The quantitative estimate of drug-likeness (QED) is 0.766. The highest BCUT2D eigenvalue weighted by Gasteiger charge is 2.17. The molecule has 0 fully saturated rings. The summed E-state index contributed by atoms with van der Waals surface area (Å²) < 4.78 is 5.07. The maximum Gasteiger partial charge on any atom is 0.224 e. The third kappa shape index (κ3) is 4.44. The summed E-state index contributed by atoms with van der Waals surface area (Å²) in [5.74, 6) is 1.05. The van der Waals surface area contributed by atoms with Crippen LogP contribution in [0.5, 0.6) is 0 Å². The van der Waals surface area contributed by atoms with Gasteiger partial charge in [0.05, 0.1) is 0 Å². The first-order valence-corrected chi connectivity index (χ1v) is 5.35. The molecular weight excluding hydrogens is 204 g/mol. The predicted molar refractivity (Wildman–Crippen MR) is 65.2 cm³/mol. The number of anilines is 2. The molecule has 0 saturated heterocycles. The predicted octanol–water partition coefficient (Wildman–Crippen LogP) is 1.53. The maximum absolute atomic E-state index is 5.57. The Morgan fingerprint density at radius 2 is 2.25 bits per heavy atom. The number of methoxy groups -OCH3 is 1. The van der Waals surface area contributed by atoms with E-state index in [9.17, 15) is 0 Å². The molecule has 5 nitrogen and oxygen atoms in total. The smallest absolute Gasteiger partial charge is 0.224 e. The van der Waals surface area contributed by atoms with Gasteiger partial charge in [-0.1, -0.05) is 13.8 Å². The van der Waals surface area contributed by atoms with E-state index in [2.05, 4.69) is 29.1 Å². The molecular formula is C11H20N4O. The summed E-state index contributed by atoms with van der Waals surface area (Å²) in [6.45, 7) is 5.89. The van der Waals surface area contributed by atoms with Crippen LogP contribution in [0.4, 0.5) is 11.8 Å². The second-order valence-corrected chi connectivity index (χ2v) is 4.57. The third-order valence-electron chi connectivity index (χ3n) is 2.39. The van der Waals surface area contributed by atoms with Crippen LogP contribution in [-0.2, 0) is 4.74 Å². The Morgan fingerprint density at radius 1 is 1.50 bits per heavy atom. The average molecular weight is 224 g/mol. The van der Waals surface area contributed by atoms with Crippen LogP contribution in [0.15, 0.2) is 12.3 Å². The number of nitrogens with one attached hydrogen (secondary N) is 1. The van der Waals surface area contributed by atoms with E-state index in [1.807, 2.05) is 0 Å². The first kappa shape index (κ1) is 12.7. The molecule has 0 amide bonds. The molecule has 1 aromatic rings. The Morgan fingerprint density at radius 3 is 2.88 bits per heavy atom. The molecule has 90 valence electrons. The minimum absolute atomic E-state index is 0.143. The molecule has 0 spiro atoms. The molecule has 0 bridgehead atoms. The van der Waals surface area contributed by atoms with Crippen LogP contribution in [0.25, 0.3) is 0 Å². The van der Waals surface area contributed by atoms with Crippen molar-refractivity contribution in [3.63, 3.8) is 0 Å². The van der Waals surface area contributed by atoms with Crippen LogP contribution in [0.3, 0.4) is 0 Å². The Kier molecular flexibility index (Phi) is 4.49. The monoisotopic (exact) mass is 224 g/mol. The van der Waals surface area contributed by atoms with Gasteiger partial charge in [-0.3, -0.25) is 0 Å². The maximum atomic E-state index is 5.57. The van der Waals surface area contributed by atoms with Crippen molar-refractivity contribution in [1.29, 1.82) is 0 Å². The molecule has 0 aliphatic heterocycles. The fourth-order valence-electron chi connectivity index (χ4n) is 1.24. The Hall–Kier alpha value is -1.36. The van der Waals surface area contributed by atoms with Crippen molar-refractivity contribution < 1.29 is 4.74 Å². The number of nitrogen functional groups attached to an aromatic ring is 1. The average Bonchev–Trinajstić information content (AvgIpc) is 2.24. The Bertz CT molecular complexity index is 328. The van der Waals surface area contributed by atoms with E-state index in [0.717, 1.165) is 19.6 Å². The molecule has 3 N–H and O–H groups in total. The molecule has 0 radical (unpaired) electrons. The molecule has 0 atom stereocenters. The Balaban J connectivity index is 2.44. The largest absolute Gasteiger partial charge is 0.385 e. The van der Waals surface area contributed by atoms with E-state index < -0.39 is 0 Å². The second kappa shape index (κ2) is 5.65. The van der Waals surface area contributed by atoms with Gasteiger partial charge >= 0.3 is 0 Å². The van der Waals surface area contributed by atoms with Gasteiger partial charge in [-0.2, -0.15) is 4.98 Å². The fourth-order valence-corrected chi connectivity index (χ4v) is 1.24. The lowest BCUT2D eigenvalue weighted by Crippen LogP contribution is -2.25. The normalized spacial score (nSPS) is 11.4. The van der Waals surface area contributed by atoms with E-state index in [4.69, 9.17) is 10.5 Å². The molecule has 16 heavy (non-hydrogen) atoms. The van der Waals surface area contributed by atoms with Crippen LogP contribution in [0.2, 0.25) is 0 Å². The van der Waals surface area contributed by atoms with Crippen LogP contribution >= 0.6 is 0 Å². The van der Waals surface area contributed by atoms with Gasteiger partial charge in [0.1, 0.15) is 5.82 Å². The molecule has 5 heteroatoms. The first-order valence-electron chi connectivity index (χ1n) is 5.35. The van der Waals surface area contributed by atoms with Crippen molar-refractivity contribution in [1.82, 2.24) is 9.97 Å². The van der Waals surface area contributed by atoms with Crippen LogP contribution in [0, 0.1) is 5.41 Å². The van der Waals surface area contributed by atoms with Gasteiger partial charge in [0.15, 0.2) is 0 Å². The van der Waals surface area contributed by atoms with Gasteiger partial charge in [0.25, 0.3) is 0 Å². The SMILES string of the molecule is COCCC(C)(C)CNc1nccc(N)n1. The zero-order chi connectivity index (χ0) is 12.0. The van der Waals surface area contributed by atoms with Gasteiger partial charge in [0, 0.05) is 26.5 Å². The number of ether oxygens (including phenoxy) is 1. The van der Waals surface area contributed by atoms with Crippen molar-refractivity contribution in [3.05, 3.63) is 12.3 Å². The number of aromatic nitrogens is 2. The summed E-state index contributed by atoms with van der Waals surface area (Å²) in [5.41, 5.74) is 5.71. The molecule has 1 heterocycles. The number of hydrogen-bond donors (Lipinski definition) is 2. The minimum Gasteiger partial charge on any atom is -0.385 e. The molecule has 0 aromatic carbocycles. The van der Waals surface area contributed by atoms with Crippen LogP contribution in [-0.4, -0.2) is 30.2 Å². The van der Waals surface area contributed by atoms with Crippen molar-refractivity contribution in [2.45, 2.75) is 20.3 Å². The molecule has 1 rings (SSSR count). The number of nitrogens with zero attached hydrogens (tertiary/aromatic N) is 2. The van der Waals surface area contributed by atoms with Crippen LogP contribution in [0.1, 0.15) is 20.3 Å². The van der Waals surface area contributed by atoms with E-state index in [1.54, 1.807) is 19.4 Å². The molecule has 0 aliphatic carbocycles. The summed E-state index contributed by atoms with van der Waals surface area (Å²) in [6, 6.07) is 1.67. The highest BCUT2D eigenvalue weighted by molar-refractivity contribution is 5.35. The standard InChI is InChI=1S/C11H20N4O/c1-11(2,5-7-16-3)8-14-10-13-6-4-9(12)15-10/h4,6H,5,7-8H2,1-3H3,(H3,12,13,14,15). The first-order chi connectivity index (χ1) is 7.53. The third-order valence-corrected chi connectivity index (χ3v) is 2.39. The van der Waals surface area contributed by atoms with Gasteiger partial charge in [-0.25, -0.2) is 4.98 Å². The summed E-state index contributed by atoms with van der Waals surface area (Å²) in [4.78, 5) is 8.17. The summed E-state index contributed by atoms with van der Waals surface area (Å²) >= 11 is 0. The number of rotatable bonds is 6. The summed E-state index contributed by atoms with van der Waals surface area (Å²) in [7, 11) is 1.71. The number of hydrogen-bond acceptors (Lipinski definition) is 5. The zero-order valence-electron chi connectivity index (χ0n) is 10.2. The van der Waals surface area contributed by atoms with Crippen molar-refractivity contribution in [3.8, 4) is 0 Å². The number of nitrogens with two attached hydrogens (primary N) is 1. The van der Waals surface area contributed by atoms with E-state index >= 15 is 0 Å². The van der Waals surface area contributed by atoms with Crippen molar-refractivity contribution in [2.75, 3.05) is 31.3 Å². The van der Waals surface area contributed by atoms with Gasteiger partial charge < -0.3 is 15.8 Å². The van der Waals surface area contributed by atoms with Gasteiger partial charge in [-0.05, 0) is 17.9 Å². The van der Waals surface area contributed by atoms with Gasteiger partial charge in [-0.15, -0.1) is 0 Å². The zero-order valence-corrected chi connectivity index (χ0v) is 10.2. The second-order valence-electron chi connectivity index (χ2n) is 4.57. The highest BCUT2D eigenvalue weighted by atomic mass is 16.5. The molecule has 0 aliphatic rings. The van der Waals surface area contributed by atoms with Crippen LogP contribution < -0.4 is 11.1 Å². The minimum atomic E-state index is 0.143. The Labute approximate surface area is 96.4 Å². The molecule has 0 unspecified atom stereocenters. The lowest BCUT2D eigenvalue weighted by Gasteiger charge is -2.24. The molecule has 0 saturated carbocycles. The van der Waals surface area contributed by atoms with Gasteiger partial charge in [0.2, 0.25) is 5.95 Å². The van der Waals surface area contributed by atoms with E-state index in [1.165, 1.54) is 0 Å². The summed E-state index contributed by atoms with van der Waals surface area (Å²) in [6.07, 6.45) is 2.63. The lowest BCUT2D eigenvalue weighted by atomic mass is 9.90. The van der Waals surface area contributed by atoms with Crippen molar-refractivity contribution >= 4 is 11.8 Å². The fraction of sp³-hybridized carbons (Fsp3) is 0.636. The summed E-state index contributed by atoms with van der Waals surface area (Å²) in [5, 5.41) is 3.18. The molecule has 1 aromatic heterocycles. The van der Waals surface area contributed by atoms with E-state index in [-0.39, 0.29) is 5.41 Å². The highest BCUT2D eigenvalue weighted by Crippen LogP contribution is 2.20. The lowest BCUT2D eigenvalue weighted by molar-refractivity contribution is 0.157.